The monoisotopic (exact) mass is 312 g/mol. The van der Waals surface area contributed by atoms with Gasteiger partial charge in [-0.3, -0.25) is 10.6 Å². The van der Waals surface area contributed by atoms with Crippen molar-refractivity contribution in [1.82, 2.24) is 9.21 Å². The molecule has 2 rings (SSSR count). The summed E-state index contributed by atoms with van der Waals surface area (Å²) in [6.45, 7) is 3.32. The number of nitrogens with zero attached hydrogens (tertiary/aromatic N) is 2. The Kier molecular flexibility index (Phi) is 4.50. The minimum Gasteiger partial charge on any atom is -0.336 e. The Labute approximate surface area is 124 Å². The molecule has 1 heterocycles. The Hall–Kier alpha value is -1.64. The van der Waals surface area contributed by atoms with E-state index in [1.54, 1.807) is 17.0 Å². The molecule has 1 saturated heterocycles. The summed E-state index contributed by atoms with van der Waals surface area (Å²) in [6, 6.07) is 5.39. The molecule has 0 aromatic heterocycles. The minimum atomic E-state index is -3.20. The maximum Gasteiger partial charge on any atom is 0.256 e. The summed E-state index contributed by atoms with van der Waals surface area (Å²) in [5.74, 6) is 5.32. The molecule has 0 atom stereocenters. The van der Waals surface area contributed by atoms with Crippen LogP contribution in [0.25, 0.3) is 0 Å². The topological polar surface area (TPSA) is 95.7 Å². The highest BCUT2D eigenvalue weighted by molar-refractivity contribution is 7.88. The largest absolute Gasteiger partial charge is 0.336 e. The highest BCUT2D eigenvalue weighted by Gasteiger charge is 2.27. The number of aryl methyl sites for hydroxylation is 1. The summed E-state index contributed by atoms with van der Waals surface area (Å²) in [4.78, 5) is 14.2. The van der Waals surface area contributed by atoms with Gasteiger partial charge in [0, 0.05) is 26.2 Å². The summed E-state index contributed by atoms with van der Waals surface area (Å²) in [5, 5.41) is 0. The van der Waals surface area contributed by atoms with Crippen LogP contribution in [0, 0.1) is 6.92 Å². The normalized spacial score (nSPS) is 16.8. The number of benzene rings is 1. The predicted octanol–water partition coefficient (Wildman–Crippen LogP) is -0.00198. The molecule has 1 aromatic carbocycles. The minimum absolute atomic E-state index is 0.142. The Morgan fingerprint density at radius 1 is 1.24 bits per heavy atom. The number of rotatable bonds is 3. The van der Waals surface area contributed by atoms with Crippen LogP contribution in [0.2, 0.25) is 0 Å². The van der Waals surface area contributed by atoms with Crippen LogP contribution < -0.4 is 11.3 Å². The van der Waals surface area contributed by atoms with E-state index in [9.17, 15) is 13.2 Å². The van der Waals surface area contributed by atoms with Gasteiger partial charge in [-0.05, 0) is 24.6 Å². The predicted molar refractivity (Wildman–Crippen MR) is 81.3 cm³/mol. The summed E-state index contributed by atoms with van der Waals surface area (Å²) in [5.41, 5.74) is 4.61. The summed E-state index contributed by atoms with van der Waals surface area (Å²) < 4.78 is 24.3. The number of carbonyl (C=O) groups excluding carboxylic acids is 1. The summed E-state index contributed by atoms with van der Waals surface area (Å²) >= 11 is 0. The molecule has 0 radical (unpaired) electrons. The Balaban J connectivity index is 2.12. The van der Waals surface area contributed by atoms with Crippen molar-refractivity contribution >= 4 is 21.6 Å². The van der Waals surface area contributed by atoms with Crippen LogP contribution in [-0.2, 0) is 10.0 Å². The van der Waals surface area contributed by atoms with Gasteiger partial charge in [-0.1, -0.05) is 6.07 Å². The lowest BCUT2D eigenvalue weighted by Gasteiger charge is -2.33. The third-order valence-corrected chi connectivity index (χ3v) is 4.86. The molecule has 8 heteroatoms. The molecule has 0 bridgehead atoms. The molecule has 1 aliphatic rings. The second-order valence-corrected chi connectivity index (χ2v) is 7.13. The molecule has 1 fully saturated rings. The smallest absolute Gasteiger partial charge is 0.256 e. The number of sulfonamides is 1. The number of hydrazine groups is 1. The number of amides is 1. The first-order valence-corrected chi connectivity index (χ1v) is 8.49. The zero-order valence-corrected chi connectivity index (χ0v) is 13.0. The van der Waals surface area contributed by atoms with Crippen LogP contribution in [0.15, 0.2) is 18.2 Å². The zero-order chi connectivity index (χ0) is 15.6. The van der Waals surface area contributed by atoms with Crippen LogP contribution in [0.1, 0.15) is 15.9 Å². The number of nitrogen functional groups attached to an aromatic ring is 1. The van der Waals surface area contributed by atoms with E-state index in [0.717, 1.165) is 5.56 Å². The van der Waals surface area contributed by atoms with Crippen LogP contribution in [0.5, 0.6) is 0 Å². The number of hydrogen-bond donors (Lipinski definition) is 2. The van der Waals surface area contributed by atoms with E-state index >= 15 is 0 Å². The fraction of sp³-hybridized carbons (Fsp3) is 0.462. The van der Waals surface area contributed by atoms with Gasteiger partial charge < -0.3 is 10.3 Å². The van der Waals surface area contributed by atoms with Gasteiger partial charge in [-0.15, -0.1) is 0 Å². The van der Waals surface area contributed by atoms with Gasteiger partial charge in [0.2, 0.25) is 10.0 Å². The number of hydrogen-bond acceptors (Lipinski definition) is 5. The van der Waals surface area contributed by atoms with Gasteiger partial charge in [0.15, 0.2) is 0 Å². The van der Waals surface area contributed by atoms with Crippen molar-refractivity contribution in [3.05, 3.63) is 29.3 Å². The molecule has 0 spiro atoms. The fourth-order valence-corrected chi connectivity index (χ4v) is 3.18. The molecule has 0 unspecified atom stereocenters. The van der Waals surface area contributed by atoms with Crippen molar-refractivity contribution in [2.24, 2.45) is 5.84 Å². The van der Waals surface area contributed by atoms with Crippen molar-refractivity contribution < 1.29 is 13.2 Å². The first kappa shape index (κ1) is 15.7. The van der Waals surface area contributed by atoms with E-state index in [0.29, 0.717) is 37.4 Å². The van der Waals surface area contributed by atoms with Gasteiger partial charge in [0.05, 0.1) is 17.5 Å². The van der Waals surface area contributed by atoms with Gasteiger partial charge >= 0.3 is 0 Å². The third-order valence-electron chi connectivity index (χ3n) is 3.56. The number of nitrogens with two attached hydrogens (primary N) is 1. The lowest BCUT2D eigenvalue weighted by atomic mass is 10.1. The van der Waals surface area contributed by atoms with Gasteiger partial charge in [0.25, 0.3) is 5.91 Å². The molecule has 21 heavy (non-hydrogen) atoms. The fourth-order valence-electron chi connectivity index (χ4n) is 2.36. The van der Waals surface area contributed by atoms with Crippen LogP contribution in [0.3, 0.4) is 0 Å². The van der Waals surface area contributed by atoms with Crippen molar-refractivity contribution in [2.75, 3.05) is 37.9 Å². The van der Waals surface area contributed by atoms with E-state index in [1.165, 1.54) is 10.6 Å². The van der Waals surface area contributed by atoms with Gasteiger partial charge in [-0.25, -0.2) is 8.42 Å². The molecule has 0 aliphatic carbocycles. The number of anilines is 1. The molecule has 116 valence electrons. The molecule has 1 aliphatic heterocycles. The quantitative estimate of drug-likeness (QED) is 0.605. The highest BCUT2D eigenvalue weighted by Crippen LogP contribution is 2.19. The lowest BCUT2D eigenvalue weighted by molar-refractivity contribution is 0.0699. The van der Waals surface area contributed by atoms with Crippen molar-refractivity contribution in [2.45, 2.75) is 6.92 Å². The van der Waals surface area contributed by atoms with E-state index < -0.39 is 10.0 Å². The maximum atomic E-state index is 12.5. The third kappa shape index (κ3) is 3.52. The number of carbonyl (C=O) groups is 1. The van der Waals surface area contributed by atoms with E-state index in [1.807, 2.05) is 13.0 Å². The van der Waals surface area contributed by atoms with E-state index in [2.05, 4.69) is 5.43 Å². The van der Waals surface area contributed by atoms with E-state index in [-0.39, 0.29) is 5.91 Å². The van der Waals surface area contributed by atoms with Crippen LogP contribution in [-0.4, -0.2) is 56.0 Å². The Morgan fingerprint density at radius 2 is 1.86 bits per heavy atom. The summed E-state index contributed by atoms with van der Waals surface area (Å²) in [7, 11) is -3.20. The molecule has 1 aromatic rings. The maximum absolute atomic E-state index is 12.5. The standard InChI is InChI=1S/C13H20N4O3S/c1-10-3-4-11(12(9-10)15-14)13(18)16-5-7-17(8-6-16)21(2,19)20/h3-4,9,15H,5-8,14H2,1-2H3. The molecule has 7 nitrogen and oxygen atoms in total. The van der Waals surface area contributed by atoms with Crippen molar-refractivity contribution in [3.8, 4) is 0 Å². The number of nitrogens with one attached hydrogen (secondary N) is 1. The first-order chi connectivity index (χ1) is 9.82. The second kappa shape index (κ2) is 6.00. The summed E-state index contributed by atoms with van der Waals surface area (Å²) in [6.07, 6.45) is 1.18. The Bertz CT molecular complexity index is 637. The lowest BCUT2D eigenvalue weighted by Crippen LogP contribution is -2.50. The van der Waals surface area contributed by atoms with Gasteiger partial charge in [0.1, 0.15) is 0 Å². The molecule has 1 amide bonds. The number of piperazine rings is 1. The average Bonchev–Trinajstić information content (AvgIpc) is 2.45. The average molecular weight is 312 g/mol. The van der Waals surface area contributed by atoms with Crippen molar-refractivity contribution in [3.63, 3.8) is 0 Å². The molecule has 3 N–H and O–H groups in total. The van der Waals surface area contributed by atoms with Crippen molar-refractivity contribution in [1.29, 1.82) is 0 Å². The zero-order valence-electron chi connectivity index (χ0n) is 12.2. The van der Waals surface area contributed by atoms with Crippen LogP contribution in [0.4, 0.5) is 5.69 Å². The molecular weight excluding hydrogens is 292 g/mol. The van der Waals surface area contributed by atoms with Crippen LogP contribution >= 0.6 is 0 Å². The van der Waals surface area contributed by atoms with Gasteiger partial charge in [-0.2, -0.15) is 4.31 Å². The first-order valence-electron chi connectivity index (χ1n) is 6.64. The Morgan fingerprint density at radius 3 is 2.38 bits per heavy atom. The molecule has 0 saturated carbocycles. The highest BCUT2D eigenvalue weighted by atomic mass is 32.2. The SMILES string of the molecule is Cc1ccc(C(=O)N2CCN(S(C)(=O)=O)CC2)c(NN)c1. The molecular formula is C13H20N4O3S. The second-order valence-electron chi connectivity index (χ2n) is 5.15. The van der Waals surface area contributed by atoms with E-state index in [4.69, 9.17) is 5.84 Å².